The minimum absolute atomic E-state index is 0.0709. The first-order valence-corrected chi connectivity index (χ1v) is 8.04. The first-order valence-electron chi connectivity index (χ1n) is 8.04. The van der Waals surface area contributed by atoms with Gasteiger partial charge in [-0.25, -0.2) is 0 Å². The van der Waals surface area contributed by atoms with Gasteiger partial charge < -0.3 is 15.4 Å². The molecule has 5 nitrogen and oxygen atoms in total. The molecule has 0 spiro atoms. The van der Waals surface area contributed by atoms with Crippen molar-refractivity contribution in [3.63, 3.8) is 0 Å². The van der Waals surface area contributed by atoms with Crippen molar-refractivity contribution in [2.45, 2.75) is 32.9 Å². The predicted octanol–water partition coefficient (Wildman–Crippen LogP) is 3.67. The second kappa shape index (κ2) is 8.94. The van der Waals surface area contributed by atoms with E-state index >= 15 is 0 Å². The summed E-state index contributed by atoms with van der Waals surface area (Å²) in [6.45, 7) is 0.366. The second-order valence-electron chi connectivity index (χ2n) is 5.79. The zero-order chi connectivity index (χ0) is 19.1. The molecular weight excluding hydrogens is 342 g/mol. The van der Waals surface area contributed by atoms with Crippen molar-refractivity contribution in [2.75, 3.05) is 5.32 Å². The van der Waals surface area contributed by atoms with Gasteiger partial charge in [0.25, 0.3) is 0 Å². The molecule has 0 aromatic heterocycles. The minimum Gasteiger partial charge on any atom is -0.435 e. The first kappa shape index (κ1) is 19.4. The number of anilines is 1. The molecule has 138 valence electrons. The Morgan fingerprint density at radius 2 is 1.65 bits per heavy atom. The fourth-order valence-electron chi connectivity index (χ4n) is 2.41. The lowest BCUT2D eigenvalue weighted by Gasteiger charge is -2.15. The molecule has 0 bridgehead atoms. The molecule has 0 saturated carbocycles. The highest BCUT2D eigenvalue weighted by Gasteiger charge is 2.11. The van der Waals surface area contributed by atoms with Crippen LogP contribution in [-0.2, 0) is 16.0 Å². The van der Waals surface area contributed by atoms with Crippen LogP contribution in [-0.4, -0.2) is 18.4 Å². The second-order valence-corrected chi connectivity index (χ2v) is 5.79. The van der Waals surface area contributed by atoms with Gasteiger partial charge in [-0.15, -0.1) is 0 Å². The van der Waals surface area contributed by atoms with Crippen LogP contribution in [0.15, 0.2) is 48.5 Å². The first-order chi connectivity index (χ1) is 12.3. The van der Waals surface area contributed by atoms with Crippen LogP contribution >= 0.6 is 0 Å². The Labute approximate surface area is 150 Å². The monoisotopic (exact) mass is 362 g/mol. The number of amides is 2. The molecule has 2 N–H and O–H groups in total. The number of rotatable bonds is 7. The van der Waals surface area contributed by atoms with Gasteiger partial charge in [0.2, 0.25) is 11.8 Å². The number of carbonyl (C=O) groups is 2. The maximum Gasteiger partial charge on any atom is 0.387 e. The van der Waals surface area contributed by atoms with Gasteiger partial charge >= 0.3 is 6.61 Å². The van der Waals surface area contributed by atoms with Crippen molar-refractivity contribution in [2.24, 2.45) is 0 Å². The maximum absolute atomic E-state index is 12.2. The van der Waals surface area contributed by atoms with Gasteiger partial charge in [0.15, 0.2) is 0 Å². The summed E-state index contributed by atoms with van der Waals surface area (Å²) in [5.74, 6) is -0.256. The van der Waals surface area contributed by atoms with Crippen LogP contribution in [0, 0.1) is 0 Å². The molecule has 2 aromatic carbocycles. The summed E-state index contributed by atoms with van der Waals surface area (Å²) in [5.41, 5.74) is 2.26. The summed E-state index contributed by atoms with van der Waals surface area (Å²) in [7, 11) is 0. The minimum atomic E-state index is -2.87. The van der Waals surface area contributed by atoms with E-state index in [-0.39, 0.29) is 30.0 Å². The number of alkyl halides is 2. The number of ether oxygens (including phenoxy) is 1. The van der Waals surface area contributed by atoms with Crippen LogP contribution in [0.3, 0.4) is 0 Å². The van der Waals surface area contributed by atoms with Crippen molar-refractivity contribution in [1.82, 2.24) is 5.32 Å². The molecule has 2 aromatic rings. The van der Waals surface area contributed by atoms with Gasteiger partial charge in [0.1, 0.15) is 5.75 Å². The quantitative estimate of drug-likeness (QED) is 0.790. The van der Waals surface area contributed by atoms with E-state index in [1.54, 1.807) is 43.3 Å². The molecule has 2 amide bonds. The molecule has 0 aliphatic rings. The van der Waals surface area contributed by atoms with Gasteiger partial charge in [0.05, 0.1) is 12.5 Å². The van der Waals surface area contributed by atoms with Crippen molar-refractivity contribution in [3.8, 4) is 5.75 Å². The topological polar surface area (TPSA) is 67.4 Å². The smallest absolute Gasteiger partial charge is 0.387 e. The van der Waals surface area contributed by atoms with E-state index in [4.69, 9.17) is 0 Å². The zero-order valence-electron chi connectivity index (χ0n) is 14.5. The molecule has 26 heavy (non-hydrogen) atoms. The van der Waals surface area contributed by atoms with Crippen molar-refractivity contribution < 1.29 is 23.1 Å². The molecule has 0 saturated heterocycles. The molecule has 0 aliphatic heterocycles. The molecule has 0 fully saturated rings. The highest BCUT2D eigenvalue weighted by atomic mass is 19.3. The van der Waals surface area contributed by atoms with Crippen molar-refractivity contribution in [3.05, 3.63) is 59.7 Å². The van der Waals surface area contributed by atoms with E-state index in [0.29, 0.717) is 5.69 Å². The molecule has 1 atom stereocenters. The Morgan fingerprint density at radius 3 is 2.19 bits per heavy atom. The molecular formula is C19H20F2N2O3. The third-order valence-corrected chi connectivity index (χ3v) is 3.62. The van der Waals surface area contributed by atoms with Crippen LogP contribution in [0.5, 0.6) is 5.75 Å². The fourth-order valence-corrected chi connectivity index (χ4v) is 2.41. The highest BCUT2D eigenvalue weighted by molar-refractivity contribution is 5.88. The largest absolute Gasteiger partial charge is 0.435 e. The van der Waals surface area contributed by atoms with Gasteiger partial charge in [-0.1, -0.05) is 24.3 Å². The lowest BCUT2D eigenvalue weighted by Crippen LogP contribution is -2.28. The number of carbonyl (C=O) groups excluding carboxylic acids is 2. The van der Waals surface area contributed by atoms with E-state index < -0.39 is 6.61 Å². The predicted molar refractivity (Wildman–Crippen MR) is 94.1 cm³/mol. The van der Waals surface area contributed by atoms with Gasteiger partial charge in [0, 0.05) is 12.6 Å². The van der Waals surface area contributed by atoms with E-state index in [0.717, 1.165) is 11.1 Å². The lowest BCUT2D eigenvalue weighted by atomic mass is 10.1. The van der Waals surface area contributed by atoms with E-state index in [1.807, 2.05) is 0 Å². The van der Waals surface area contributed by atoms with Crippen LogP contribution in [0.2, 0.25) is 0 Å². The third-order valence-electron chi connectivity index (χ3n) is 3.62. The van der Waals surface area contributed by atoms with E-state index in [1.165, 1.54) is 19.1 Å². The summed E-state index contributed by atoms with van der Waals surface area (Å²) < 4.78 is 28.6. The van der Waals surface area contributed by atoms with Crippen molar-refractivity contribution >= 4 is 17.5 Å². The lowest BCUT2D eigenvalue weighted by molar-refractivity contribution is -0.121. The van der Waals surface area contributed by atoms with Crippen LogP contribution in [0.25, 0.3) is 0 Å². The summed E-state index contributed by atoms with van der Waals surface area (Å²) in [4.78, 5) is 23.2. The van der Waals surface area contributed by atoms with Gasteiger partial charge in [-0.3, -0.25) is 9.59 Å². The molecule has 1 unspecified atom stereocenters. The average Bonchev–Trinajstić information content (AvgIpc) is 2.56. The normalized spacial score (nSPS) is 11.7. The number of benzene rings is 2. The Kier molecular flexibility index (Phi) is 6.66. The molecule has 2 rings (SSSR count). The maximum atomic E-state index is 12.2. The Balaban J connectivity index is 1.89. The molecule has 0 heterocycles. The van der Waals surface area contributed by atoms with E-state index in [2.05, 4.69) is 15.4 Å². The zero-order valence-corrected chi connectivity index (χ0v) is 14.5. The number of hydrogen-bond acceptors (Lipinski definition) is 3. The van der Waals surface area contributed by atoms with Gasteiger partial charge in [-0.2, -0.15) is 8.78 Å². The molecule has 7 heteroatoms. The highest BCUT2D eigenvalue weighted by Crippen LogP contribution is 2.19. The van der Waals surface area contributed by atoms with Crippen LogP contribution in [0.1, 0.15) is 31.0 Å². The fraction of sp³-hybridized carbons (Fsp3) is 0.263. The summed E-state index contributed by atoms with van der Waals surface area (Å²) >= 11 is 0. The standard InChI is InChI=1S/C19H20F2N2O3/c1-12(15-5-9-17(10-6-15)26-19(20)21)22-18(25)11-14-3-7-16(8-4-14)23-13(2)24/h3-10,12,19H,11H2,1-2H3,(H,22,25)(H,23,24). The number of hydrogen-bond donors (Lipinski definition) is 2. The molecule has 0 aliphatic carbocycles. The van der Waals surface area contributed by atoms with Crippen LogP contribution < -0.4 is 15.4 Å². The molecule has 0 radical (unpaired) electrons. The Hall–Kier alpha value is -2.96. The SMILES string of the molecule is CC(=O)Nc1ccc(CC(=O)NC(C)c2ccc(OC(F)F)cc2)cc1. The van der Waals surface area contributed by atoms with Crippen LogP contribution in [0.4, 0.5) is 14.5 Å². The summed E-state index contributed by atoms with van der Waals surface area (Å²) in [6, 6.07) is 12.9. The average molecular weight is 362 g/mol. The number of nitrogens with one attached hydrogen (secondary N) is 2. The summed E-state index contributed by atoms with van der Waals surface area (Å²) in [6.07, 6.45) is 0.192. The Morgan fingerprint density at radius 1 is 1.04 bits per heavy atom. The Bertz CT molecular complexity index is 746. The summed E-state index contributed by atoms with van der Waals surface area (Å²) in [5, 5.41) is 5.51. The van der Waals surface area contributed by atoms with Gasteiger partial charge in [-0.05, 0) is 42.3 Å². The third kappa shape index (κ3) is 6.16. The number of halogens is 2. The van der Waals surface area contributed by atoms with E-state index in [9.17, 15) is 18.4 Å². The van der Waals surface area contributed by atoms with Crippen molar-refractivity contribution in [1.29, 1.82) is 0 Å².